The largest absolute Gasteiger partial charge is 0.348 e. The minimum absolute atomic E-state index is 0.234. The first-order valence-corrected chi connectivity index (χ1v) is 8.02. The Bertz CT molecular complexity index is 868. The van der Waals surface area contributed by atoms with Gasteiger partial charge in [-0.15, -0.1) is 0 Å². The molecule has 0 fully saturated rings. The lowest BCUT2D eigenvalue weighted by molar-refractivity contribution is 0.0950. The maximum atomic E-state index is 12.1. The molecule has 0 bridgehead atoms. The van der Waals surface area contributed by atoms with Crippen molar-refractivity contribution in [2.24, 2.45) is 0 Å². The van der Waals surface area contributed by atoms with Crippen molar-refractivity contribution in [1.29, 1.82) is 0 Å². The number of amides is 1. The van der Waals surface area contributed by atoms with Gasteiger partial charge in [-0.3, -0.25) is 9.78 Å². The van der Waals surface area contributed by atoms with Crippen LogP contribution in [0, 0.1) is 6.92 Å². The van der Waals surface area contributed by atoms with Gasteiger partial charge in [0.1, 0.15) is 0 Å². The first-order valence-electron chi connectivity index (χ1n) is 7.64. The van der Waals surface area contributed by atoms with Crippen LogP contribution in [0.2, 0.25) is 5.02 Å². The third-order valence-corrected chi connectivity index (χ3v) is 3.80. The number of rotatable bonds is 5. The number of nitrogens with one attached hydrogen (secondary N) is 2. The van der Waals surface area contributed by atoms with Gasteiger partial charge in [0, 0.05) is 42.0 Å². The molecule has 3 rings (SSSR count). The standard InChI is InChI=1S/C18H16ClN5O/c1-12-2-3-15(19)8-16(12)24-18-22-10-14(11-23-18)17(25)21-9-13-4-6-20-7-5-13/h2-8,10-11H,9H2,1H3,(H,21,25)(H,22,23,24). The summed E-state index contributed by atoms with van der Waals surface area (Å²) in [5, 5.41) is 6.53. The Morgan fingerprint density at radius 2 is 1.84 bits per heavy atom. The molecular formula is C18H16ClN5O. The minimum Gasteiger partial charge on any atom is -0.348 e. The molecule has 0 saturated carbocycles. The molecule has 2 aromatic heterocycles. The molecule has 126 valence electrons. The number of pyridine rings is 1. The summed E-state index contributed by atoms with van der Waals surface area (Å²) in [5.41, 5.74) is 3.20. The lowest BCUT2D eigenvalue weighted by atomic mass is 10.2. The molecule has 7 heteroatoms. The van der Waals surface area contributed by atoms with Gasteiger partial charge in [0.05, 0.1) is 5.56 Å². The van der Waals surface area contributed by atoms with Gasteiger partial charge in [0.2, 0.25) is 5.95 Å². The number of benzene rings is 1. The summed E-state index contributed by atoms with van der Waals surface area (Å²) in [4.78, 5) is 24.4. The van der Waals surface area contributed by atoms with Crippen molar-refractivity contribution in [1.82, 2.24) is 20.3 Å². The number of halogens is 1. The number of hydrogen-bond donors (Lipinski definition) is 2. The van der Waals surface area contributed by atoms with Gasteiger partial charge in [-0.05, 0) is 42.3 Å². The van der Waals surface area contributed by atoms with Crippen molar-refractivity contribution in [2.75, 3.05) is 5.32 Å². The molecule has 1 aromatic carbocycles. The van der Waals surface area contributed by atoms with Crippen LogP contribution in [0.5, 0.6) is 0 Å². The van der Waals surface area contributed by atoms with Crippen LogP contribution in [0.1, 0.15) is 21.5 Å². The smallest absolute Gasteiger partial charge is 0.254 e. The van der Waals surface area contributed by atoms with E-state index in [2.05, 4.69) is 25.6 Å². The number of nitrogens with zero attached hydrogens (tertiary/aromatic N) is 3. The highest BCUT2D eigenvalue weighted by atomic mass is 35.5. The topological polar surface area (TPSA) is 79.8 Å². The number of carbonyl (C=O) groups is 1. The zero-order chi connectivity index (χ0) is 17.6. The van der Waals surface area contributed by atoms with E-state index in [9.17, 15) is 4.79 Å². The summed E-state index contributed by atoms with van der Waals surface area (Å²) in [6.07, 6.45) is 6.33. The van der Waals surface area contributed by atoms with Gasteiger partial charge >= 0.3 is 0 Å². The summed E-state index contributed by atoms with van der Waals surface area (Å²) in [6.45, 7) is 2.38. The molecule has 0 aliphatic heterocycles. The number of carbonyl (C=O) groups excluding carboxylic acids is 1. The van der Waals surface area contributed by atoms with Crippen LogP contribution in [-0.4, -0.2) is 20.9 Å². The van der Waals surface area contributed by atoms with E-state index >= 15 is 0 Å². The van der Waals surface area contributed by atoms with Crippen molar-refractivity contribution >= 4 is 29.1 Å². The molecule has 0 saturated heterocycles. The Morgan fingerprint density at radius 1 is 1.12 bits per heavy atom. The molecule has 0 atom stereocenters. The second-order valence-electron chi connectivity index (χ2n) is 5.42. The highest BCUT2D eigenvalue weighted by Gasteiger charge is 2.08. The Morgan fingerprint density at radius 3 is 2.56 bits per heavy atom. The van der Waals surface area contributed by atoms with Crippen LogP contribution in [0.3, 0.4) is 0 Å². The normalized spacial score (nSPS) is 10.3. The van der Waals surface area contributed by atoms with Crippen LogP contribution in [0.4, 0.5) is 11.6 Å². The van der Waals surface area contributed by atoms with Crippen molar-refractivity contribution in [2.45, 2.75) is 13.5 Å². The van der Waals surface area contributed by atoms with Crippen LogP contribution in [0.25, 0.3) is 0 Å². The average molecular weight is 354 g/mol. The third-order valence-electron chi connectivity index (χ3n) is 3.56. The second-order valence-corrected chi connectivity index (χ2v) is 5.85. The number of aryl methyl sites for hydroxylation is 1. The van der Waals surface area contributed by atoms with Crippen LogP contribution in [0.15, 0.2) is 55.1 Å². The number of hydrogen-bond acceptors (Lipinski definition) is 5. The van der Waals surface area contributed by atoms with Crippen molar-refractivity contribution in [3.63, 3.8) is 0 Å². The summed E-state index contributed by atoms with van der Waals surface area (Å²) >= 11 is 6.00. The fraction of sp³-hybridized carbons (Fsp3) is 0.111. The Balaban J connectivity index is 1.63. The highest BCUT2D eigenvalue weighted by Crippen LogP contribution is 2.22. The quantitative estimate of drug-likeness (QED) is 0.733. The van der Waals surface area contributed by atoms with E-state index in [1.54, 1.807) is 18.5 Å². The van der Waals surface area contributed by atoms with E-state index in [4.69, 9.17) is 11.6 Å². The van der Waals surface area contributed by atoms with Crippen LogP contribution >= 0.6 is 11.6 Å². The molecule has 2 N–H and O–H groups in total. The predicted molar refractivity (Wildman–Crippen MR) is 96.9 cm³/mol. The number of anilines is 2. The van der Waals surface area contributed by atoms with E-state index < -0.39 is 0 Å². The van der Waals surface area contributed by atoms with Gasteiger partial charge in [-0.2, -0.15) is 0 Å². The lowest BCUT2D eigenvalue weighted by Gasteiger charge is -2.09. The SMILES string of the molecule is Cc1ccc(Cl)cc1Nc1ncc(C(=O)NCc2ccncc2)cn1. The molecule has 25 heavy (non-hydrogen) atoms. The molecule has 0 radical (unpaired) electrons. The van der Waals surface area contributed by atoms with Gasteiger partial charge in [-0.1, -0.05) is 17.7 Å². The zero-order valence-electron chi connectivity index (χ0n) is 13.5. The summed E-state index contributed by atoms with van der Waals surface area (Å²) in [7, 11) is 0. The maximum Gasteiger partial charge on any atom is 0.254 e. The van der Waals surface area contributed by atoms with E-state index in [0.29, 0.717) is 23.1 Å². The molecule has 3 aromatic rings. The fourth-order valence-electron chi connectivity index (χ4n) is 2.14. The summed E-state index contributed by atoms with van der Waals surface area (Å²) < 4.78 is 0. The Hall–Kier alpha value is -2.99. The van der Waals surface area contributed by atoms with Crippen molar-refractivity contribution < 1.29 is 4.79 Å². The van der Waals surface area contributed by atoms with Gasteiger partial charge in [-0.25, -0.2) is 9.97 Å². The molecule has 0 unspecified atom stereocenters. The highest BCUT2D eigenvalue weighted by molar-refractivity contribution is 6.30. The molecule has 0 aliphatic rings. The predicted octanol–water partition coefficient (Wildman–Crippen LogP) is 3.51. The monoisotopic (exact) mass is 353 g/mol. The van der Waals surface area contributed by atoms with E-state index in [1.165, 1.54) is 12.4 Å². The Labute approximate surface area is 150 Å². The van der Waals surface area contributed by atoms with Crippen LogP contribution < -0.4 is 10.6 Å². The van der Waals surface area contributed by atoms with E-state index in [1.807, 2.05) is 31.2 Å². The molecule has 6 nitrogen and oxygen atoms in total. The molecule has 1 amide bonds. The van der Waals surface area contributed by atoms with Gasteiger partial charge < -0.3 is 10.6 Å². The molecule has 0 spiro atoms. The fourth-order valence-corrected chi connectivity index (χ4v) is 2.32. The van der Waals surface area contributed by atoms with Crippen molar-refractivity contribution in [3.05, 3.63) is 76.8 Å². The third kappa shape index (κ3) is 4.51. The first-order chi connectivity index (χ1) is 12.1. The van der Waals surface area contributed by atoms with E-state index in [-0.39, 0.29) is 5.91 Å². The molecular weight excluding hydrogens is 338 g/mol. The van der Waals surface area contributed by atoms with Crippen LogP contribution in [-0.2, 0) is 6.54 Å². The first kappa shape index (κ1) is 16.9. The maximum absolute atomic E-state index is 12.1. The zero-order valence-corrected chi connectivity index (χ0v) is 14.3. The number of aromatic nitrogens is 3. The summed E-state index contributed by atoms with van der Waals surface area (Å²) in [6, 6.07) is 9.22. The van der Waals surface area contributed by atoms with E-state index in [0.717, 1.165) is 16.8 Å². The van der Waals surface area contributed by atoms with Gasteiger partial charge in [0.25, 0.3) is 5.91 Å². The lowest BCUT2D eigenvalue weighted by Crippen LogP contribution is -2.23. The Kier molecular flexibility index (Phi) is 5.20. The molecule has 2 heterocycles. The summed E-state index contributed by atoms with van der Waals surface area (Å²) in [5.74, 6) is 0.165. The van der Waals surface area contributed by atoms with Crippen molar-refractivity contribution in [3.8, 4) is 0 Å². The molecule has 0 aliphatic carbocycles. The van der Waals surface area contributed by atoms with Gasteiger partial charge in [0.15, 0.2) is 0 Å². The second kappa shape index (κ2) is 7.72. The average Bonchev–Trinajstić information content (AvgIpc) is 2.64. The minimum atomic E-state index is -0.234.